The molecule has 4 saturated carbocycles. The van der Waals surface area contributed by atoms with Crippen molar-refractivity contribution in [2.75, 3.05) is 13.1 Å². The number of β-amino-alcohol motifs (C(OH)–C–C–N with tert-alkyl or cyclic N) is 1. The minimum absolute atomic E-state index is 0.361. The zero-order valence-corrected chi connectivity index (χ0v) is 10.7. The highest BCUT2D eigenvalue weighted by Crippen LogP contribution is 2.58. The lowest BCUT2D eigenvalue weighted by atomic mass is 9.50. The maximum absolute atomic E-state index is 10.6. The largest absolute Gasteiger partial charge is 0.389 e. The smallest absolute Gasteiger partial charge is 0.0786 e. The van der Waals surface area contributed by atoms with Crippen molar-refractivity contribution in [1.82, 2.24) is 5.32 Å². The summed E-state index contributed by atoms with van der Waals surface area (Å²) >= 11 is 0. The van der Waals surface area contributed by atoms with Gasteiger partial charge in [-0.15, -0.1) is 0 Å². The van der Waals surface area contributed by atoms with Gasteiger partial charge in [0.25, 0.3) is 0 Å². The molecule has 17 heavy (non-hydrogen) atoms. The van der Waals surface area contributed by atoms with Crippen LogP contribution in [-0.4, -0.2) is 23.8 Å². The highest BCUT2D eigenvalue weighted by atomic mass is 16.3. The molecule has 5 rings (SSSR count). The van der Waals surface area contributed by atoms with E-state index in [2.05, 4.69) is 5.32 Å². The number of hydrogen-bond acceptors (Lipinski definition) is 2. The first-order valence-electron chi connectivity index (χ1n) is 7.65. The van der Waals surface area contributed by atoms with Gasteiger partial charge in [0.1, 0.15) is 0 Å². The second-order valence-corrected chi connectivity index (χ2v) is 7.45. The maximum atomic E-state index is 10.6. The molecule has 0 radical (unpaired) electrons. The number of aliphatic hydroxyl groups is 1. The second kappa shape index (κ2) is 3.71. The molecular formula is C15H25NO. The summed E-state index contributed by atoms with van der Waals surface area (Å²) in [4.78, 5) is 0. The van der Waals surface area contributed by atoms with Crippen LogP contribution in [0.4, 0.5) is 0 Å². The number of nitrogens with one attached hydrogen (secondary N) is 1. The first-order chi connectivity index (χ1) is 8.22. The molecule has 0 aromatic heterocycles. The average Bonchev–Trinajstić information content (AvgIpc) is 2.70. The van der Waals surface area contributed by atoms with Crippen LogP contribution < -0.4 is 5.32 Å². The van der Waals surface area contributed by atoms with E-state index in [0.717, 1.165) is 55.5 Å². The van der Waals surface area contributed by atoms with Gasteiger partial charge in [0, 0.05) is 6.54 Å². The molecule has 1 unspecified atom stereocenters. The van der Waals surface area contributed by atoms with Crippen molar-refractivity contribution in [2.45, 2.75) is 50.5 Å². The summed E-state index contributed by atoms with van der Waals surface area (Å²) in [6.45, 7) is 1.86. The Kier molecular flexibility index (Phi) is 2.36. The molecule has 4 aliphatic carbocycles. The van der Waals surface area contributed by atoms with Crippen LogP contribution in [0.3, 0.4) is 0 Å². The predicted molar refractivity (Wildman–Crippen MR) is 67.6 cm³/mol. The van der Waals surface area contributed by atoms with Crippen LogP contribution in [-0.2, 0) is 0 Å². The maximum Gasteiger partial charge on any atom is 0.0786 e. The standard InChI is InChI=1S/C15H25NO/c17-15(1-2-16-9-15)8-14-12-4-10-3-11(6-12)7-13(14)5-10/h10-14,16-17H,1-9H2. The Hall–Kier alpha value is -0.0800. The van der Waals surface area contributed by atoms with E-state index in [4.69, 9.17) is 0 Å². The van der Waals surface area contributed by atoms with Gasteiger partial charge in [0.15, 0.2) is 0 Å². The fraction of sp³-hybridized carbons (Fsp3) is 1.00. The SMILES string of the molecule is OC1(CC2C3CC4CC(C3)CC2C4)CCNC1. The molecule has 0 amide bonds. The lowest BCUT2D eigenvalue weighted by molar-refractivity contribution is -0.0747. The van der Waals surface area contributed by atoms with Gasteiger partial charge in [-0.3, -0.25) is 0 Å². The molecule has 96 valence electrons. The summed E-state index contributed by atoms with van der Waals surface area (Å²) in [5.74, 6) is 4.91. The molecule has 4 bridgehead atoms. The molecule has 2 nitrogen and oxygen atoms in total. The van der Waals surface area contributed by atoms with Crippen molar-refractivity contribution in [2.24, 2.45) is 29.6 Å². The fourth-order valence-electron chi connectivity index (χ4n) is 5.71. The van der Waals surface area contributed by atoms with Crippen molar-refractivity contribution in [3.05, 3.63) is 0 Å². The van der Waals surface area contributed by atoms with Crippen molar-refractivity contribution >= 4 is 0 Å². The Bertz CT molecular complexity index is 280. The van der Waals surface area contributed by atoms with Gasteiger partial charge in [-0.1, -0.05) is 0 Å². The zero-order valence-electron chi connectivity index (χ0n) is 10.7. The van der Waals surface area contributed by atoms with E-state index in [0.29, 0.717) is 0 Å². The van der Waals surface area contributed by atoms with Gasteiger partial charge in [0.05, 0.1) is 5.60 Å². The van der Waals surface area contributed by atoms with Crippen LogP contribution in [0.2, 0.25) is 0 Å². The van der Waals surface area contributed by atoms with Crippen LogP contribution in [0.15, 0.2) is 0 Å². The van der Waals surface area contributed by atoms with E-state index >= 15 is 0 Å². The van der Waals surface area contributed by atoms with Crippen molar-refractivity contribution in [3.63, 3.8) is 0 Å². The van der Waals surface area contributed by atoms with E-state index in [9.17, 15) is 5.11 Å². The zero-order chi connectivity index (χ0) is 11.5. The minimum atomic E-state index is -0.361. The van der Waals surface area contributed by atoms with Crippen molar-refractivity contribution in [3.8, 4) is 0 Å². The Morgan fingerprint density at radius 3 is 2.18 bits per heavy atom. The summed E-state index contributed by atoms with van der Waals surface area (Å²) in [7, 11) is 0. The summed E-state index contributed by atoms with van der Waals surface area (Å²) in [6, 6.07) is 0. The summed E-state index contributed by atoms with van der Waals surface area (Å²) in [6.07, 6.45) is 9.56. The molecule has 2 heteroatoms. The second-order valence-electron chi connectivity index (χ2n) is 7.45. The Balaban J connectivity index is 1.51. The van der Waals surface area contributed by atoms with E-state index in [-0.39, 0.29) is 5.60 Å². The van der Waals surface area contributed by atoms with Gasteiger partial charge >= 0.3 is 0 Å². The third-order valence-electron chi connectivity index (χ3n) is 6.26. The van der Waals surface area contributed by atoms with Gasteiger partial charge in [0.2, 0.25) is 0 Å². The summed E-state index contributed by atoms with van der Waals surface area (Å²) < 4.78 is 0. The summed E-state index contributed by atoms with van der Waals surface area (Å²) in [5.41, 5.74) is -0.361. The molecular weight excluding hydrogens is 210 g/mol. The predicted octanol–water partition coefficient (Wildman–Crippen LogP) is 2.17. The van der Waals surface area contributed by atoms with Crippen LogP contribution in [0, 0.1) is 29.6 Å². The number of rotatable bonds is 2. The van der Waals surface area contributed by atoms with Gasteiger partial charge < -0.3 is 10.4 Å². The van der Waals surface area contributed by atoms with Crippen molar-refractivity contribution in [1.29, 1.82) is 0 Å². The number of hydrogen-bond donors (Lipinski definition) is 2. The topological polar surface area (TPSA) is 32.3 Å². The highest BCUT2D eigenvalue weighted by Gasteiger charge is 2.50. The van der Waals surface area contributed by atoms with E-state index in [1.807, 2.05) is 0 Å². The molecule has 1 saturated heterocycles. The third-order valence-corrected chi connectivity index (χ3v) is 6.26. The molecule has 2 N–H and O–H groups in total. The van der Waals surface area contributed by atoms with Gasteiger partial charge in [-0.05, 0) is 81.1 Å². The summed E-state index contributed by atoms with van der Waals surface area (Å²) in [5, 5.41) is 13.9. The highest BCUT2D eigenvalue weighted by molar-refractivity contribution is 5.01. The van der Waals surface area contributed by atoms with Crippen LogP contribution in [0.1, 0.15) is 44.9 Å². The van der Waals surface area contributed by atoms with Gasteiger partial charge in [-0.2, -0.15) is 0 Å². The molecule has 0 spiro atoms. The first kappa shape index (κ1) is 10.8. The first-order valence-corrected chi connectivity index (χ1v) is 7.65. The molecule has 1 aliphatic heterocycles. The molecule has 1 atom stereocenters. The van der Waals surface area contributed by atoms with Crippen molar-refractivity contribution < 1.29 is 5.11 Å². The Morgan fingerprint density at radius 1 is 1.00 bits per heavy atom. The molecule has 5 aliphatic rings. The molecule has 5 fully saturated rings. The Labute approximate surface area is 104 Å². The molecule has 0 aromatic rings. The van der Waals surface area contributed by atoms with E-state index < -0.39 is 0 Å². The quantitative estimate of drug-likeness (QED) is 0.769. The Morgan fingerprint density at radius 2 is 1.65 bits per heavy atom. The van der Waals surface area contributed by atoms with Crippen LogP contribution in [0.5, 0.6) is 0 Å². The third kappa shape index (κ3) is 1.76. The van der Waals surface area contributed by atoms with E-state index in [1.165, 1.54) is 32.1 Å². The monoisotopic (exact) mass is 235 g/mol. The minimum Gasteiger partial charge on any atom is -0.389 e. The lowest BCUT2D eigenvalue weighted by Crippen LogP contribution is -2.48. The normalized spacial score (nSPS) is 56.6. The molecule has 0 aromatic carbocycles. The average molecular weight is 235 g/mol. The molecule has 1 heterocycles. The van der Waals surface area contributed by atoms with Crippen LogP contribution >= 0.6 is 0 Å². The van der Waals surface area contributed by atoms with E-state index in [1.54, 1.807) is 0 Å². The van der Waals surface area contributed by atoms with Gasteiger partial charge in [-0.25, -0.2) is 0 Å². The lowest BCUT2D eigenvalue weighted by Gasteiger charge is -2.55. The van der Waals surface area contributed by atoms with Crippen LogP contribution in [0.25, 0.3) is 0 Å². The fourth-order valence-corrected chi connectivity index (χ4v) is 5.71.